The molecule has 0 bridgehead atoms. The summed E-state index contributed by atoms with van der Waals surface area (Å²) in [4.78, 5) is 0.221. The first-order valence-corrected chi connectivity index (χ1v) is 7.57. The summed E-state index contributed by atoms with van der Waals surface area (Å²) in [6.07, 6.45) is 0. The van der Waals surface area contributed by atoms with Crippen LogP contribution in [0.2, 0.25) is 0 Å². The molecule has 1 aromatic heterocycles. The highest BCUT2D eigenvalue weighted by Gasteiger charge is 2.18. The molecule has 0 aliphatic rings. The van der Waals surface area contributed by atoms with Crippen molar-refractivity contribution < 1.29 is 12.9 Å². The number of benzene rings is 1. The predicted molar refractivity (Wildman–Crippen MR) is 75.6 cm³/mol. The van der Waals surface area contributed by atoms with E-state index in [2.05, 4.69) is 9.88 Å². The molecule has 7 heteroatoms. The second kappa shape index (κ2) is 5.26. The van der Waals surface area contributed by atoms with Crippen molar-refractivity contribution in [3.63, 3.8) is 0 Å². The van der Waals surface area contributed by atoms with Gasteiger partial charge in [-0.1, -0.05) is 5.16 Å². The average Bonchev–Trinajstić information content (AvgIpc) is 2.66. The molecule has 6 nitrogen and oxygen atoms in total. The molecule has 20 heavy (non-hydrogen) atoms. The summed E-state index contributed by atoms with van der Waals surface area (Å²) in [5.41, 5.74) is 8.20. The average molecular weight is 295 g/mol. The van der Waals surface area contributed by atoms with E-state index < -0.39 is 10.0 Å². The maximum absolute atomic E-state index is 12.3. The van der Waals surface area contributed by atoms with Gasteiger partial charge in [-0.2, -0.15) is 0 Å². The van der Waals surface area contributed by atoms with E-state index in [1.54, 1.807) is 32.9 Å². The van der Waals surface area contributed by atoms with E-state index in [0.717, 1.165) is 5.56 Å². The Morgan fingerprint density at radius 1 is 1.30 bits per heavy atom. The van der Waals surface area contributed by atoms with E-state index in [-0.39, 0.29) is 11.4 Å². The number of aryl methyl sites for hydroxylation is 3. The zero-order valence-electron chi connectivity index (χ0n) is 11.6. The Kier molecular flexibility index (Phi) is 3.82. The van der Waals surface area contributed by atoms with Gasteiger partial charge in [0.1, 0.15) is 5.76 Å². The normalized spacial score (nSPS) is 11.8. The Bertz CT molecular complexity index is 716. The van der Waals surface area contributed by atoms with Gasteiger partial charge in [0.05, 0.1) is 10.6 Å². The lowest BCUT2D eigenvalue weighted by Gasteiger charge is -2.09. The number of nitrogens with two attached hydrogens (primary N) is 1. The zero-order valence-corrected chi connectivity index (χ0v) is 12.4. The number of nitrogen functional groups attached to an aromatic ring is 1. The first-order valence-electron chi connectivity index (χ1n) is 6.09. The van der Waals surface area contributed by atoms with Crippen molar-refractivity contribution in [1.82, 2.24) is 9.88 Å². The molecule has 0 saturated heterocycles. The molecule has 0 radical (unpaired) electrons. The van der Waals surface area contributed by atoms with Crippen LogP contribution in [0.25, 0.3) is 0 Å². The summed E-state index contributed by atoms with van der Waals surface area (Å²) < 4.78 is 32.1. The maximum atomic E-state index is 12.3. The van der Waals surface area contributed by atoms with Crippen molar-refractivity contribution >= 4 is 15.7 Å². The molecule has 2 rings (SSSR count). The van der Waals surface area contributed by atoms with Crippen LogP contribution < -0.4 is 10.5 Å². The van der Waals surface area contributed by atoms with Crippen LogP contribution in [0.1, 0.15) is 22.6 Å². The van der Waals surface area contributed by atoms with E-state index >= 15 is 0 Å². The summed E-state index contributed by atoms with van der Waals surface area (Å²) in [5.74, 6) is 0.610. The minimum absolute atomic E-state index is 0.146. The number of sulfonamides is 1. The number of aromatic nitrogens is 1. The molecule has 0 unspecified atom stereocenters. The molecule has 1 heterocycles. The molecule has 0 saturated carbocycles. The van der Waals surface area contributed by atoms with Gasteiger partial charge in [0.25, 0.3) is 0 Å². The molecule has 0 fully saturated rings. The highest BCUT2D eigenvalue weighted by molar-refractivity contribution is 7.89. The van der Waals surface area contributed by atoms with E-state index in [1.807, 2.05) is 0 Å². The lowest BCUT2D eigenvalue weighted by Crippen LogP contribution is -2.24. The summed E-state index contributed by atoms with van der Waals surface area (Å²) in [6.45, 7) is 5.38. The van der Waals surface area contributed by atoms with Crippen LogP contribution in [0, 0.1) is 20.8 Å². The molecular formula is C13H17N3O3S. The highest BCUT2D eigenvalue weighted by Crippen LogP contribution is 2.19. The van der Waals surface area contributed by atoms with Crippen LogP contribution >= 0.6 is 0 Å². The minimum Gasteiger partial charge on any atom is -0.399 e. The first-order chi connectivity index (χ1) is 9.31. The summed E-state index contributed by atoms with van der Waals surface area (Å²) >= 11 is 0. The lowest BCUT2D eigenvalue weighted by molar-refractivity contribution is 0.392. The second-order valence-corrected chi connectivity index (χ2v) is 6.39. The topological polar surface area (TPSA) is 98.2 Å². The third-order valence-electron chi connectivity index (χ3n) is 3.11. The van der Waals surface area contributed by atoms with Gasteiger partial charge in [-0.3, -0.25) is 0 Å². The smallest absolute Gasteiger partial charge is 0.241 e. The molecule has 3 N–H and O–H groups in total. The van der Waals surface area contributed by atoms with Crippen molar-refractivity contribution in [1.29, 1.82) is 0 Å². The first kappa shape index (κ1) is 14.5. The van der Waals surface area contributed by atoms with Crippen LogP contribution in [-0.4, -0.2) is 13.6 Å². The summed E-state index contributed by atoms with van der Waals surface area (Å²) in [7, 11) is -3.59. The molecule has 108 valence electrons. The van der Waals surface area contributed by atoms with Crippen LogP contribution in [0.3, 0.4) is 0 Å². The van der Waals surface area contributed by atoms with Crippen molar-refractivity contribution in [3.05, 3.63) is 40.8 Å². The minimum atomic E-state index is -3.59. The fraction of sp³-hybridized carbons (Fsp3) is 0.308. The lowest BCUT2D eigenvalue weighted by atomic mass is 10.2. The van der Waals surface area contributed by atoms with Crippen LogP contribution in [0.5, 0.6) is 0 Å². The molecule has 0 atom stereocenters. The van der Waals surface area contributed by atoms with Gasteiger partial charge in [-0.25, -0.2) is 13.1 Å². The van der Waals surface area contributed by atoms with E-state index in [9.17, 15) is 8.42 Å². The summed E-state index contributed by atoms with van der Waals surface area (Å²) in [6, 6.07) is 4.70. The van der Waals surface area contributed by atoms with E-state index in [4.69, 9.17) is 10.3 Å². The van der Waals surface area contributed by atoms with E-state index in [1.165, 1.54) is 6.07 Å². The molecular weight excluding hydrogens is 278 g/mol. The molecule has 0 spiro atoms. The van der Waals surface area contributed by atoms with Crippen LogP contribution in [0.15, 0.2) is 27.6 Å². The Labute approximate surface area is 118 Å². The van der Waals surface area contributed by atoms with Gasteiger partial charge in [0.15, 0.2) is 0 Å². The van der Waals surface area contributed by atoms with Gasteiger partial charge in [0, 0.05) is 17.8 Å². The number of nitrogens with one attached hydrogen (secondary N) is 1. The molecule has 1 aromatic carbocycles. The van der Waals surface area contributed by atoms with Gasteiger partial charge >= 0.3 is 0 Å². The van der Waals surface area contributed by atoms with Crippen LogP contribution in [0.4, 0.5) is 5.69 Å². The third-order valence-corrected chi connectivity index (χ3v) is 4.67. The fourth-order valence-corrected chi connectivity index (χ4v) is 3.19. The Morgan fingerprint density at radius 3 is 2.55 bits per heavy atom. The Morgan fingerprint density at radius 2 is 2.00 bits per heavy atom. The number of hydrogen-bond donors (Lipinski definition) is 2. The Balaban J connectivity index is 2.24. The number of hydrogen-bond acceptors (Lipinski definition) is 5. The number of nitrogens with zero attached hydrogens (tertiary/aromatic N) is 1. The zero-order chi connectivity index (χ0) is 14.9. The fourth-order valence-electron chi connectivity index (χ4n) is 1.97. The summed E-state index contributed by atoms with van der Waals surface area (Å²) in [5, 5.41) is 3.79. The molecule has 2 aromatic rings. The van der Waals surface area contributed by atoms with E-state index in [0.29, 0.717) is 22.7 Å². The Hall–Kier alpha value is -1.86. The predicted octanol–water partition coefficient (Wildman–Crippen LogP) is 1.66. The molecule has 0 aliphatic carbocycles. The monoisotopic (exact) mass is 295 g/mol. The maximum Gasteiger partial charge on any atom is 0.241 e. The van der Waals surface area contributed by atoms with Crippen molar-refractivity contribution in [2.24, 2.45) is 0 Å². The SMILES string of the molecule is Cc1cc(N)ccc1S(=O)(=O)NCc1c(C)noc1C. The molecule has 0 amide bonds. The van der Waals surface area contributed by atoms with Gasteiger partial charge in [-0.05, 0) is 44.5 Å². The third kappa shape index (κ3) is 2.83. The van der Waals surface area contributed by atoms with Crippen molar-refractivity contribution in [2.75, 3.05) is 5.73 Å². The van der Waals surface area contributed by atoms with Crippen molar-refractivity contribution in [3.8, 4) is 0 Å². The standard InChI is InChI=1S/C13H17N3O3S/c1-8-6-11(14)4-5-13(8)20(17,18)15-7-12-9(2)16-19-10(12)3/h4-6,15H,7,14H2,1-3H3. The highest BCUT2D eigenvalue weighted by atomic mass is 32.2. The quantitative estimate of drug-likeness (QED) is 0.836. The van der Waals surface area contributed by atoms with Crippen LogP contribution in [-0.2, 0) is 16.6 Å². The van der Waals surface area contributed by atoms with Crippen molar-refractivity contribution in [2.45, 2.75) is 32.2 Å². The number of rotatable bonds is 4. The van der Waals surface area contributed by atoms with Gasteiger partial charge in [0.2, 0.25) is 10.0 Å². The largest absolute Gasteiger partial charge is 0.399 e. The molecule has 0 aliphatic heterocycles. The van der Waals surface area contributed by atoms with Gasteiger partial charge in [-0.15, -0.1) is 0 Å². The van der Waals surface area contributed by atoms with Gasteiger partial charge < -0.3 is 10.3 Å². The number of anilines is 1. The second-order valence-electron chi connectivity index (χ2n) is 4.65.